The molecule has 0 bridgehead atoms. The van der Waals surface area contributed by atoms with E-state index in [1.165, 1.54) is 0 Å². The van der Waals surface area contributed by atoms with E-state index in [1.54, 1.807) is 0 Å². The first kappa shape index (κ1) is 21.4. The molecule has 1 aliphatic carbocycles. The van der Waals surface area contributed by atoms with E-state index in [0.717, 1.165) is 38.2 Å². The second kappa shape index (κ2) is 7.94. The summed E-state index contributed by atoms with van der Waals surface area (Å²) in [4.78, 5) is 41.7. The van der Waals surface area contributed by atoms with Crippen LogP contribution in [-0.2, 0) is 23.3 Å². The van der Waals surface area contributed by atoms with Crippen LogP contribution in [0.2, 0.25) is 0 Å². The average Bonchev–Trinajstić information content (AvgIpc) is 3.51. The predicted octanol–water partition coefficient (Wildman–Crippen LogP) is 4.90. The maximum Gasteiger partial charge on any atom is 0.325 e. The molecule has 0 radical (unpaired) electrons. The van der Waals surface area contributed by atoms with Crippen LogP contribution in [0.4, 0.5) is 4.79 Å². The molecule has 1 atom stereocenters. The molecule has 2 aliphatic rings. The minimum Gasteiger partial charge on any atom is -0.340 e. The van der Waals surface area contributed by atoms with Gasteiger partial charge in [0.05, 0.1) is 17.8 Å². The summed E-state index contributed by atoms with van der Waals surface area (Å²) in [7, 11) is 0. The number of carbonyl (C=O) groups excluding carboxylic acids is 3. The number of hydrogen-bond donors (Lipinski definition) is 1. The zero-order valence-corrected chi connectivity index (χ0v) is 19.5. The van der Waals surface area contributed by atoms with E-state index in [-0.39, 0.29) is 18.2 Å². The number of rotatable bonds is 5. The van der Waals surface area contributed by atoms with Gasteiger partial charge in [0, 0.05) is 17.4 Å². The lowest BCUT2D eigenvalue weighted by Crippen LogP contribution is -2.42. The topological polar surface area (TPSA) is 71.4 Å². The third-order valence-corrected chi connectivity index (χ3v) is 7.34. The molecule has 1 fully saturated rings. The fourth-order valence-electron chi connectivity index (χ4n) is 5.77. The van der Waals surface area contributed by atoms with E-state index >= 15 is 0 Å². The zero-order valence-electron chi connectivity index (χ0n) is 19.5. The van der Waals surface area contributed by atoms with Gasteiger partial charge in [0.15, 0.2) is 5.78 Å². The number of carbonyl (C=O) groups is 3. The van der Waals surface area contributed by atoms with Crippen LogP contribution in [0.5, 0.6) is 0 Å². The molecule has 2 heterocycles. The zero-order chi connectivity index (χ0) is 24.2. The lowest BCUT2D eigenvalue weighted by Gasteiger charge is -2.22. The SMILES string of the molecule is CCn1c(-c2ccccc2)c(C(=O)CN2C(=O)N[C@]3(CCc4ccccc43)C2=O)c2ccccc21. The number of para-hydroxylation sites is 1. The molecule has 174 valence electrons. The van der Waals surface area contributed by atoms with Gasteiger partial charge in [-0.25, -0.2) is 4.79 Å². The number of nitrogens with zero attached hydrogens (tertiary/aromatic N) is 2. The van der Waals surface area contributed by atoms with Gasteiger partial charge >= 0.3 is 6.03 Å². The van der Waals surface area contributed by atoms with Crippen LogP contribution in [0.15, 0.2) is 78.9 Å². The molecule has 1 N–H and O–H groups in total. The number of ketones is 1. The number of nitrogens with one attached hydrogen (secondary N) is 1. The van der Waals surface area contributed by atoms with Crippen molar-refractivity contribution in [2.24, 2.45) is 0 Å². The molecule has 35 heavy (non-hydrogen) atoms. The van der Waals surface area contributed by atoms with Crippen LogP contribution in [0.3, 0.4) is 0 Å². The summed E-state index contributed by atoms with van der Waals surface area (Å²) in [5.41, 5.74) is 4.05. The third kappa shape index (κ3) is 3.06. The summed E-state index contributed by atoms with van der Waals surface area (Å²) >= 11 is 0. The Hall–Kier alpha value is -4.19. The molecule has 1 saturated heterocycles. The summed E-state index contributed by atoms with van der Waals surface area (Å²) in [5.74, 6) is -0.597. The summed E-state index contributed by atoms with van der Waals surface area (Å²) in [6.07, 6.45) is 1.22. The fraction of sp³-hybridized carbons (Fsp3) is 0.207. The molecule has 1 spiro atoms. The number of fused-ring (bicyclic) bond motifs is 3. The Morgan fingerprint density at radius 2 is 1.66 bits per heavy atom. The summed E-state index contributed by atoms with van der Waals surface area (Å²) < 4.78 is 2.12. The van der Waals surface area contributed by atoms with E-state index in [9.17, 15) is 14.4 Å². The monoisotopic (exact) mass is 463 g/mol. The van der Waals surface area contributed by atoms with Gasteiger partial charge in [-0.1, -0.05) is 72.8 Å². The number of aryl methyl sites for hydroxylation is 2. The van der Waals surface area contributed by atoms with Crippen molar-refractivity contribution in [1.82, 2.24) is 14.8 Å². The normalized spacial score (nSPS) is 18.9. The third-order valence-electron chi connectivity index (χ3n) is 7.34. The van der Waals surface area contributed by atoms with E-state index in [2.05, 4.69) is 9.88 Å². The molecular weight excluding hydrogens is 438 g/mol. The number of benzene rings is 3. The first-order valence-corrected chi connectivity index (χ1v) is 12.0. The van der Waals surface area contributed by atoms with Gasteiger partial charge in [0.25, 0.3) is 5.91 Å². The highest BCUT2D eigenvalue weighted by Crippen LogP contribution is 2.41. The first-order valence-electron chi connectivity index (χ1n) is 12.0. The maximum atomic E-state index is 13.9. The van der Waals surface area contributed by atoms with Gasteiger partial charge in [-0.15, -0.1) is 0 Å². The second-order valence-electron chi connectivity index (χ2n) is 9.16. The van der Waals surface area contributed by atoms with E-state index in [0.29, 0.717) is 24.9 Å². The Kier molecular flexibility index (Phi) is 4.85. The standard InChI is InChI=1S/C29H25N3O3/c1-2-31-23-15-9-7-13-21(23)25(26(31)20-11-4-3-5-12-20)24(33)18-32-27(34)29(30-28(32)35)17-16-19-10-6-8-14-22(19)29/h3-15H,2,16-18H2,1H3,(H,30,35)/t29-/m0/s1. The first-order chi connectivity index (χ1) is 17.0. The second-order valence-corrected chi connectivity index (χ2v) is 9.16. The van der Waals surface area contributed by atoms with Gasteiger partial charge in [0.1, 0.15) is 5.54 Å². The molecule has 6 nitrogen and oxygen atoms in total. The Morgan fingerprint density at radius 1 is 0.943 bits per heavy atom. The van der Waals surface area contributed by atoms with Crippen molar-refractivity contribution >= 4 is 28.6 Å². The molecule has 6 heteroatoms. The van der Waals surface area contributed by atoms with Crippen LogP contribution < -0.4 is 5.32 Å². The van der Waals surface area contributed by atoms with Crippen LogP contribution in [0, 0.1) is 0 Å². The van der Waals surface area contributed by atoms with E-state index in [4.69, 9.17) is 0 Å². The highest BCUT2D eigenvalue weighted by Gasteiger charge is 2.55. The van der Waals surface area contributed by atoms with Crippen molar-refractivity contribution < 1.29 is 14.4 Å². The lowest BCUT2D eigenvalue weighted by molar-refractivity contribution is -0.131. The molecule has 0 unspecified atom stereocenters. The van der Waals surface area contributed by atoms with Gasteiger partial charge in [-0.05, 0) is 42.5 Å². The van der Waals surface area contributed by atoms with Crippen LogP contribution in [0.1, 0.15) is 34.8 Å². The Balaban J connectivity index is 1.42. The highest BCUT2D eigenvalue weighted by molar-refractivity contribution is 6.18. The van der Waals surface area contributed by atoms with Crippen LogP contribution in [-0.4, -0.2) is 33.7 Å². The van der Waals surface area contributed by atoms with Crippen molar-refractivity contribution in [2.75, 3.05) is 6.54 Å². The van der Waals surface area contributed by atoms with Gasteiger partial charge in [0.2, 0.25) is 0 Å². The Morgan fingerprint density at radius 3 is 2.46 bits per heavy atom. The predicted molar refractivity (Wildman–Crippen MR) is 134 cm³/mol. The quantitative estimate of drug-likeness (QED) is 0.338. The van der Waals surface area contributed by atoms with Gasteiger partial charge in [-0.2, -0.15) is 0 Å². The molecular formula is C29H25N3O3. The van der Waals surface area contributed by atoms with E-state index < -0.39 is 11.6 Å². The molecule has 0 saturated carbocycles. The van der Waals surface area contributed by atoms with Gasteiger partial charge in [-0.3, -0.25) is 14.5 Å². The maximum absolute atomic E-state index is 13.9. The average molecular weight is 464 g/mol. The fourth-order valence-corrected chi connectivity index (χ4v) is 5.77. The number of Topliss-reactive ketones (excluding diaryl/α,β-unsaturated/α-hetero) is 1. The van der Waals surface area contributed by atoms with Gasteiger partial charge < -0.3 is 9.88 Å². The Bertz CT molecular complexity index is 1500. The van der Waals surface area contributed by atoms with Crippen molar-refractivity contribution in [3.8, 4) is 11.3 Å². The summed E-state index contributed by atoms with van der Waals surface area (Å²) in [5, 5.41) is 3.75. The minimum absolute atomic E-state index is 0.251. The molecule has 1 aromatic heterocycles. The van der Waals surface area contributed by atoms with Crippen LogP contribution in [0.25, 0.3) is 22.2 Å². The van der Waals surface area contributed by atoms with E-state index in [1.807, 2.05) is 85.8 Å². The number of hydrogen-bond acceptors (Lipinski definition) is 3. The molecule has 3 amide bonds. The number of urea groups is 1. The van der Waals surface area contributed by atoms with Crippen molar-refractivity contribution in [2.45, 2.75) is 31.8 Å². The number of imide groups is 1. The van der Waals surface area contributed by atoms with Crippen molar-refractivity contribution in [3.05, 3.63) is 95.6 Å². The highest BCUT2D eigenvalue weighted by atomic mass is 16.2. The minimum atomic E-state index is -1.08. The Labute approximate surface area is 203 Å². The van der Waals surface area contributed by atoms with Crippen LogP contribution >= 0.6 is 0 Å². The number of amides is 3. The molecule has 3 aromatic carbocycles. The lowest BCUT2D eigenvalue weighted by atomic mass is 9.91. The largest absolute Gasteiger partial charge is 0.340 e. The van der Waals surface area contributed by atoms with Crippen molar-refractivity contribution in [1.29, 1.82) is 0 Å². The molecule has 1 aliphatic heterocycles. The van der Waals surface area contributed by atoms with Crippen molar-refractivity contribution in [3.63, 3.8) is 0 Å². The smallest absolute Gasteiger partial charge is 0.325 e. The summed E-state index contributed by atoms with van der Waals surface area (Å²) in [6.45, 7) is 2.43. The molecule has 6 rings (SSSR count). The molecule has 4 aromatic rings. The summed E-state index contributed by atoms with van der Waals surface area (Å²) in [6, 6.07) is 24.8. The number of aromatic nitrogens is 1.